The number of imide groups is 1. The molecule has 6 nitrogen and oxygen atoms in total. The van der Waals surface area contributed by atoms with E-state index in [2.05, 4.69) is 25.8 Å². The monoisotopic (exact) mass is 527 g/mol. The molecule has 3 aromatic rings. The molecule has 0 spiro atoms. The van der Waals surface area contributed by atoms with Crippen LogP contribution >= 0.6 is 27.7 Å². The van der Waals surface area contributed by atoms with Crippen LogP contribution in [0.15, 0.2) is 64.0 Å². The topological polar surface area (TPSA) is 71.4 Å². The van der Waals surface area contributed by atoms with Gasteiger partial charge >= 0.3 is 0 Å². The zero-order chi connectivity index (χ0) is 23.7. The molecule has 0 aliphatic carbocycles. The molecule has 1 aromatic heterocycles. The molecule has 1 saturated heterocycles. The highest BCUT2D eigenvalue weighted by Gasteiger charge is 2.36. The number of halogens is 2. The van der Waals surface area contributed by atoms with E-state index in [0.29, 0.717) is 0 Å². The Hall–Kier alpha value is -3.17. The highest BCUT2D eigenvalue weighted by atomic mass is 79.9. The summed E-state index contributed by atoms with van der Waals surface area (Å²) in [6.45, 7) is 3.46. The van der Waals surface area contributed by atoms with Gasteiger partial charge in [-0.1, -0.05) is 22.0 Å². The van der Waals surface area contributed by atoms with Crippen LogP contribution < -0.4 is 5.32 Å². The molecule has 0 radical (unpaired) electrons. The second-order valence-electron chi connectivity index (χ2n) is 7.46. The Morgan fingerprint density at radius 1 is 1.12 bits per heavy atom. The molecule has 0 saturated carbocycles. The van der Waals surface area contributed by atoms with Gasteiger partial charge in [0.15, 0.2) is 0 Å². The average Bonchev–Trinajstić information content (AvgIpc) is 3.18. The number of aryl methyl sites for hydroxylation is 1. The Labute approximate surface area is 202 Å². The number of hydrogen-bond acceptors (Lipinski definition) is 4. The Morgan fingerprint density at radius 2 is 1.85 bits per heavy atom. The number of thioether (sulfide) groups is 1. The first-order chi connectivity index (χ1) is 15.7. The van der Waals surface area contributed by atoms with Crippen LogP contribution in [-0.2, 0) is 9.59 Å². The number of hydrogen-bond donors (Lipinski definition) is 1. The van der Waals surface area contributed by atoms with Crippen molar-refractivity contribution in [1.82, 2.24) is 9.47 Å². The summed E-state index contributed by atoms with van der Waals surface area (Å²) in [7, 11) is 0. The number of anilines is 1. The molecule has 1 aliphatic rings. The fraction of sp³-hybridized carbons (Fsp3) is 0.125. The van der Waals surface area contributed by atoms with Crippen molar-refractivity contribution in [3.05, 3.63) is 86.7 Å². The van der Waals surface area contributed by atoms with E-state index in [1.54, 1.807) is 6.08 Å². The number of carbonyl (C=O) groups excluding carboxylic acids is 3. The molecule has 0 atom stereocenters. The van der Waals surface area contributed by atoms with Gasteiger partial charge in [0.05, 0.1) is 4.91 Å². The van der Waals surface area contributed by atoms with Crippen molar-refractivity contribution in [3.63, 3.8) is 0 Å². The molecule has 33 heavy (non-hydrogen) atoms. The zero-order valence-corrected chi connectivity index (χ0v) is 20.2. The molecule has 9 heteroatoms. The summed E-state index contributed by atoms with van der Waals surface area (Å²) in [6, 6.07) is 15.2. The Balaban J connectivity index is 1.53. The molecule has 4 rings (SSSR count). The summed E-state index contributed by atoms with van der Waals surface area (Å²) < 4.78 is 16.3. The summed E-state index contributed by atoms with van der Waals surface area (Å²) in [6.07, 6.45) is 1.67. The van der Waals surface area contributed by atoms with Gasteiger partial charge in [0.2, 0.25) is 5.91 Å². The van der Waals surface area contributed by atoms with Gasteiger partial charge in [-0.2, -0.15) is 0 Å². The fourth-order valence-corrected chi connectivity index (χ4v) is 4.70. The van der Waals surface area contributed by atoms with Gasteiger partial charge in [0, 0.05) is 27.2 Å². The van der Waals surface area contributed by atoms with Crippen LogP contribution in [0.3, 0.4) is 0 Å². The van der Waals surface area contributed by atoms with E-state index in [4.69, 9.17) is 0 Å². The van der Waals surface area contributed by atoms with E-state index in [-0.39, 0.29) is 10.6 Å². The van der Waals surface area contributed by atoms with E-state index in [1.807, 2.05) is 44.2 Å². The number of aromatic nitrogens is 1. The van der Waals surface area contributed by atoms with Gasteiger partial charge in [0.1, 0.15) is 12.4 Å². The Kier molecular flexibility index (Phi) is 6.53. The minimum atomic E-state index is -0.586. The van der Waals surface area contributed by atoms with E-state index in [9.17, 15) is 18.8 Å². The van der Waals surface area contributed by atoms with Gasteiger partial charge in [-0.25, -0.2) is 4.39 Å². The van der Waals surface area contributed by atoms with E-state index in [1.165, 1.54) is 18.2 Å². The zero-order valence-electron chi connectivity index (χ0n) is 17.8. The quantitative estimate of drug-likeness (QED) is 0.434. The molecule has 0 bridgehead atoms. The van der Waals surface area contributed by atoms with Crippen LogP contribution in [0.2, 0.25) is 0 Å². The summed E-state index contributed by atoms with van der Waals surface area (Å²) in [5.41, 5.74) is 3.95. The van der Waals surface area contributed by atoms with Crippen LogP contribution in [0, 0.1) is 19.7 Å². The highest BCUT2D eigenvalue weighted by molar-refractivity contribution is 9.10. The van der Waals surface area contributed by atoms with Gasteiger partial charge < -0.3 is 9.88 Å². The maximum atomic E-state index is 13.3. The van der Waals surface area contributed by atoms with E-state index < -0.39 is 29.4 Å². The molecule has 2 aromatic carbocycles. The summed E-state index contributed by atoms with van der Waals surface area (Å²) >= 11 is 4.23. The molecule has 1 aliphatic heterocycles. The molecule has 2 heterocycles. The lowest BCUT2D eigenvalue weighted by Gasteiger charge is -2.12. The lowest BCUT2D eigenvalue weighted by atomic mass is 10.2. The predicted molar refractivity (Wildman–Crippen MR) is 131 cm³/mol. The highest BCUT2D eigenvalue weighted by Crippen LogP contribution is 2.33. The van der Waals surface area contributed by atoms with Crippen LogP contribution in [0.5, 0.6) is 0 Å². The average molecular weight is 528 g/mol. The Morgan fingerprint density at radius 3 is 2.55 bits per heavy atom. The normalized spacial score (nSPS) is 14.9. The molecule has 168 valence electrons. The third-order valence-electron chi connectivity index (χ3n) is 5.13. The lowest BCUT2D eigenvalue weighted by Crippen LogP contribution is -2.36. The number of carbonyl (C=O) groups is 3. The summed E-state index contributed by atoms with van der Waals surface area (Å²) in [4.78, 5) is 38.7. The maximum absolute atomic E-state index is 13.3. The van der Waals surface area contributed by atoms with Crippen LogP contribution in [0.25, 0.3) is 11.8 Å². The third kappa shape index (κ3) is 4.94. The minimum Gasteiger partial charge on any atom is -0.324 e. The van der Waals surface area contributed by atoms with Crippen LogP contribution in [0.1, 0.15) is 17.0 Å². The second kappa shape index (κ2) is 9.36. The fourth-order valence-electron chi connectivity index (χ4n) is 3.61. The number of amides is 3. The summed E-state index contributed by atoms with van der Waals surface area (Å²) in [5, 5.41) is 1.97. The second-order valence-corrected chi connectivity index (χ2v) is 9.37. The maximum Gasteiger partial charge on any atom is 0.294 e. The van der Waals surface area contributed by atoms with Crippen molar-refractivity contribution in [2.45, 2.75) is 13.8 Å². The van der Waals surface area contributed by atoms with Crippen molar-refractivity contribution in [1.29, 1.82) is 0 Å². The van der Waals surface area contributed by atoms with Gasteiger partial charge in [-0.15, -0.1) is 0 Å². The van der Waals surface area contributed by atoms with Gasteiger partial charge in [-0.05, 0) is 85.8 Å². The third-order valence-corrected chi connectivity index (χ3v) is 6.56. The number of nitrogens with zero attached hydrogens (tertiary/aromatic N) is 2. The molecular weight excluding hydrogens is 509 g/mol. The predicted octanol–water partition coefficient (Wildman–Crippen LogP) is 5.67. The standard InChI is InChI=1S/C24H19BrFN3O3S/c1-14-10-16(15(2)29(14)20-8-6-17(25)7-9-20)11-21-23(31)28(24(32)33-21)13-22(30)27-19-5-3-4-18(26)12-19/h3-12H,13H2,1-2H3,(H,27,30)/b21-11-. The minimum absolute atomic E-state index is 0.245. The first-order valence-electron chi connectivity index (χ1n) is 9.98. The van der Waals surface area contributed by atoms with Crippen molar-refractivity contribution >= 4 is 56.5 Å². The molecule has 1 fully saturated rings. The van der Waals surface area contributed by atoms with Crippen molar-refractivity contribution < 1.29 is 18.8 Å². The number of rotatable bonds is 5. The van der Waals surface area contributed by atoms with E-state index >= 15 is 0 Å². The molecular formula is C24H19BrFN3O3S. The van der Waals surface area contributed by atoms with Crippen LogP contribution in [0.4, 0.5) is 14.9 Å². The molecule has 1 N–H and O–H groups in total. The van der Waals surface area contributed by atoms with Gasteiger partial charge in [-0.3, -0.25) is 19.3 Å². The number of nitrogens with one attached hydrogen (secondary N) is 1. The smallest absolute Gasteiger partial charge is 0.294 e. The number of benzene rings is 2. The first-order valence-corrected chi connectivity index (χ1v) is 11.6. The Bertz CT molecular complexity index is 1300. The SMILES string of the molecule is Cc1cc(/C=C2\SC(=O)N(CC(=O)Nc3cccc(F)c3)C2=O)c(C)n1-c1ccc(Br)cc1. The van der Waals surface area contributed by atoms with Crippen molar-refractivity contribution in [2.24, 2.45) is 0 Å². The van der Waals surface area contributed by atoms with Crippen LogP contribution in [-0.4, -0.2) is 33.1 Å². The van der Waals surface area contributed by atoms with E-state index in [0.717, 1.165) is 49.8 Å². The van der Waals surface area contributed by atoms with Crippen molar-refractivity contribution in [2.75, 3.05) is 11.9 Å². The molecule has 0 unspecified atom stereocenters. The molecule has 3 amide bonds. The first kappa shape index (κ1) is 23.0. The largest absolute Gasteiger partial charge is 0.324 e. The van der Waals surface area contributed by atoms with Gasteiger partial charge in [0.25, 0.3) is 11.1 Å². The summed E-state index contributed by atoms with van der Waals surface area (Å²) in [5.74, 6) is -1.62. The van der Waals surface area contributed by atoms with Crippen molar-refractivity contribution in [3.8, 4) is 5.69 Å². The lowest BCUT2D eigenvalue weighted by molar-refractivity contribution is -0.127.